The maximum Gasteiger partial charge on any atom is 0.0754 e. The monoisotopic (exact) mass is 683 g/mol. The van der Waals surface area contributed by atoms with Gasteiger partial charge in [-0.1, -0.05) is 164 Å². The number of para-hydroxylation sites is 3. The minimum absolute atomic E-state index is 0.525. The normalized spacial score (nSPS) is 13.7. The van der Waals surface area contributed by atoms with Gasteiger partial charge < -0.3 is 4.90 Å². The van der Waals surface area contributed by atoms with E-state index in [4.69, 9.17) is 0 Å². The molecule has 0 fully saturated rings. The summed E-state index contributed by atoms with van der Waals surface area (Å²) in [5.41, 5.74) is 13.4. The molecule has 12 rings (SSSR count). The van der Waals surface area contributed by atoms with Gasteiger partial charge in [0.15, 0.2) is 0 Å². The van der Waals surface area contributed by atoms with Gasteiger partial charge >= 0.3 is 0 Å². The highest BCUT2D eigenvalue weighted by molar-refractivity contribution is 6.25. The highest BCUT2D eigenvalue weighted by Crippen LogP contribution is 2.64. The Bertz CT molecular complexity index is 3090. The Morgan fingerprint density at radius 1 is 0.315 bits per heavy atom. The number of rotatable bonds is 2. The van der Waals surface area contributed by atoms with Crippen LogP contribution in [0.1, 0.15) is 22.3 Å². The molecule has 1 spiro atoms. The number of anilines is 3. The molecule has 10 aromatic rings. The molecule has 0 bridgehead atoms. The first-order valence-electron chi connectivity index (χ1n) is 18.9. The molecule has 0 radical (unpaired) electrons. The highest BCUT2D eigenvalue weighted by Gasteiger charge is 2.52. The van der Waals surface area contributed by atoms with Gasteiger partial charge in [0.2, 0.25) is 0 Å². The van der Waals surface area contributed by atoms with E-state index >= 15 is 0 Å². The third kappa shape index (κ3) is 3.83. The summed E-state index contributed by atoms with van der Waals surface area (Å²) in [4.78, 5) is 2.46. The third-order valence-corrected chi connectivity index (χ3v) is 12.2. The zero-order chi connectivity index (χ0) is 35.4. The van der Waals surface area contributed by atoms with E-state index < -0.39 is 5.41 Å². The fourth-order valence-corrected chi connectivity index (χ4v) is 10.0. The SMILES string of the molecule is c1ccc(N2c3ccccc3C3(c4cc(-c5ccc6c7ccccc7c7ccccc7c6c5)ccc4-c4c3ccc3ccccc43)c3ccccc32)cc1. The molecule has 1 nitrogen and oxygen atoms in total. The van der Waals surface area contributed by atoms with E-state index in [-0.39, 0.29) is 0 Å². The Kier molecular flexibility index (Phi) is 6.04. The van der Waals surface area contributed by atoms with Crippen molar-refractivity contribution in [1.29, 1.82) is 0 Å². The average Bonchev–Trinajstić information content (AvgIpc) is 3.54. The molecule has 1 heterocycles. The van der Waals surface area contributed by atoms with Gasteiger partial charge in [-0.05, 0) is 124 Å². The molecule has 1 heteroatoms. The van der Waals surface area contributed by atoms with Crippen LogP contribution in [0.5, 0.6) is 0 Å². The Balaban J connectivity index is 1.18. The number of nitrogens with zero attached hydrogens (tertiary/aromatic N) is 1. The lowest BCUT2D eigenvalue weighted by Crippen LogP contribution is -2.36. The number of hydrogen-bond donors (Lipinski definition) is 0. The van der Waals surface area contributed by atoms with Gasteiger partial charge in [0.25, 0.3) is 0 Å². The molecule has 0 atom stereocenters. The zero-order valence-electron chi connectivity index (χ0n) is 29.5. The number of hydrogen-bond acceptors (Lipinski definition) is 1. The average molecular weight is 684 g/mol. The molecule has 0 saturated carbocycles. The van der Waals surface area contributed by atoms with Crippen LogP contribution in [0.4, 0.5) is 17.1 Å². The van der Waals surface area contributed by atoms with Crippen molar-refractivity contribution in [2.75, 3.05) is 4.90 Å². The van der Waals surface area contributed by atoms with Crippen molar-refractivity contribution in [2.24, 2.45) is 0 Å². The summed E-state index contributed by atoms with van der Waals surface area (Å²) < 4.78 is 0. The summed E-state index contributed by atoms with van der Waals surface area (Å²) in [6.45, 7) is 0. The summed E-state index contributed by atoms with van der Waals surface area (Å²) in [6.07, 6.45) is 0. The predicted molar refractivity (Wildman–Crippen MR) is 227 cm³/mol. The second-order valence-electron chi connectivity index (χ2n) is 14.8. The van der Waals surface area contributed by atoms with Crippen molar-refractivity contribution in [1.82, 2.24) is 0 Å². The fraction of sp³-hybridized carbons (Fsp3) is 0.0189. The van der Waals surface area contributed by atoms with E-state index in [1.165, 1.54) is 99.0 Å². The van der Waals surface area contributed by atoms with Crippen molar-refractivity contribution in [3.63, 3.8) is 0 Å². The van der Waals surface area contributed by atoms with Crippen molar-refractivity contribution in [3.05, 3.63) is 222 Å². The molecule has 0 N–H and O–H groups in total. The quantitative estimate of drug-likeness (QED) is 0.164. The smallest absolute Gasteiger partial charge is 0.0754 e. The molecule has 250 valence electrons. The lowest BCUT2D eigenvalue weighted by atomic mass is 9.64. The van der Waals surface area contributed by atoms with Crippen LogP contribution in [0.2, 0.25) is 0 Å². The Morgan fingerprint density at radius 2 is 0.833 bits per heavy atom. The molecule has 2 aliphatic rings. The molecule has 0 aromatic heterocycles. The standard InChI is InChI=1S/C53H33N/c1-2-15-37(16-3-1)54-50-24-12-10-22-46(50)53(47-23-11-13-25-51(47)54)48-31-28-34-14-4-5-17-38(34)52(48)44-30-27-36(33-49(44)53)35-26-29-43-41-20-7-6-18-39(41)40-19-8-9-21-42(40)45(43)32-35/h1-33H. The van der Waals surface area contributed by atoms with E-state index in [0.717, 1.165) is 5.69 Å². The molecule has 0 saturated heterocycles. The predicted octanol–water partition coefficient (Wildman–Crippen LogP) is 14.1. The molecule has 54 heavy (non-hydrogen) atoms. The Labute approximate surface area is 314 Å². The molecule has 0 unspecified atom stereocenters. The van der Waals surface area contributed by atoms with E-state index in [1.54, 1.807) is 0 Å². The second kappa shape index (κ2) is 11.0. The third-order valence-electron chi connectivity index (χ3n) is 12.2. The van der Waals surface area contributed by atoms with Gasteiger partial charge in [-0.2, -0.15) is 0 Å². The van der Waals surface area contributed by atoms with Gasteiger partial charge in [0.1, 0.15) is 0 Å². The lowest BCUT2D eigenvalue weighted by Gasteiger charge is -2.45. The Hall–Kier alpha value is -6.96. The van der Waals surface area contributed by atoms with Gasteiger partial charge in [0, 0.05) is 5.69 Å². The Morgan fingerprint density at radius 3 is 1.52 bits per heavy atom. The zero-order valence-corrected chi connectivity index (χ0v) is 29.5. The number of benzene rings is 10. The first-order valence-corrected chi connectivity index (χ1v) is 18.9. The van der Waals surface area contributed by atoms with Crippen LogP contribution < -0.4 is 4.90 Å². The van der Waals surface area contributed by atoms with Crippen LogP contribution in [0.3, 0.4) is 0 Å². The van der Waals surface area contributed by atoms with E-state index in [1.807, 2.05) is 0 Å². The second-order valence-corrected chi connectivity index (χ2v) is 14.8. The molecule has 1 aliphatic carbocycles. The van der Waals surface area contributed by atoms with Crippen LogP contribution in [-0.2, 0) is 5.41 Å². The minimum Gasteiger partial charge on any atom is -0.310 e. The van der Waals surface area contributed by atoms with Crippen molar-refractivity contribution >= 4 is 60.2 Å². The summed E-state index contributed by atoms with van der Waals surface area (Å²) in [7, 11) is 0. The van der Waals surface area contributed by atoms with Gasteiger partial charge in [-0.3, -0.25) is 0 Å². The fourth-order valence-electron chi connectivity index (χ4n) is 10.0. The van der Waals surface area contributed by atoms with Crippen LogP contribution in [0.15, 0.2) is 200 Å². The van der Waals surface area contributed by atoms with Crippen LogP contribution in [0.25, 0.3) is 65.3 Å². The molecular formula is C53H33N. The maximum absolute atomic E-state index is 2.51. The van der Waals surface area contributed by atoms with Crippen LogP contribution >= 0.6 is 0 Å². The van der Waals surface area contributed by atoms with E-state index in [0.29, 0.717) is 0 Å². The molecular weight excluding hydrogens is 651 g/mol. The first-order chi connectivity index (χ1) is 26.8. The summed E-state index contributed by atoms with van der Waals surface area (Å²) in [6, 6.07) is 74.7. The molecule has 1 aliphatic heterocycles. The van der Waals surface area contributed by atoms with Gasteiger partial charge in [-0.15, -0.1) is 0 Å². The summed E-state index contributed by atoms with van der Waals surface area (Å²) in [5, 5.41) is 10.3. The number of fused-ring (bicyclic) bond motifs is 17. The van der Waals surface area contributed by atoms with E-state index in [2.05, 4.69) is 205 Å². The largest absolute Gasteiger partial charge is 0.310 e. The molecule has 0 amide bonds. The first kappa shape index (κ1) is 29.6. The lowest BCUT2D eigenvalue weighted by molar-refractivity contribution is 0.753. The van der Waals surface area contributed by atoms with Crippen molar-refractivity contribution < 1.29 is 0 Å². The summed E-state index contributed by atoms with van der Waals surface area (Å²) in [5.74, 6) is 0. The van der Waals surface area contributed by atoms with Crippen LogP contribution in [0, 0.1) is 0 Å². The highest BCUT2D eigenvalue weighted by atomic mass is 15.2. The maximum atomic E-state index is 2.51. The summed E-state index contributed by atoms with van der Waals surface area (Å²) >= 11 is 0. The minimum atomic E-state index is -0.525. The van der Waals surface area contributed by atoms with Crippen LogP contribution in [-0.4, -0.2) is 0 Å². The topological polar surface area (TPSA) is 3.24 Å². The van der Waals surface area contributed by atoms with Gasteiger partial charge in [-0.25, -0.2) is 0 Å². The molecule has 10 aromatic carbocycles. The van der Waals surface area contributed by atoms with Gasteiger partial charge in [0.05, 0.1) is 16.8 Å². The van der Waals surface area contributed by atoms with Crippen molar-refractivity contribution in [2.45, 2.75) is 5.41 Å². The van der Waals surface area contributed by atoms with E-state index in [9.17, 15) is 0 Å². The van der Waals surface area contributed by atoms with Crippen molar-refractivity contribution in [3.8, 4) is 22.3 Å².